The molecular weight excluding hydrogens is 292 g/mol. The Morgan fingerprint density at radius 1 is 1.43 bits per heavy atom. The van der Waals surface area contributed by atoms with Crippen molar-refractivity contribution in [2.24, 2.45) is 11.3 Å². The second-order valence-electron chi connectivity index (χ2n) is 6.17. The first-order chi connectivity index (χ1) is 9.69. The van der Waals surface area contributed by atoms with Crippen LogP contribution in [0.1, 0.15) is 32.6 Å². The minimum absolute atomic E-state index is 0. The summed E-state index contributed by atoms with van der Waals surface area (Å²) in [5, 5.41) is 6.55. The quantitative estimate of drug-likeness (QED) is 0.695. The number of rotatable bonds is 7. The number of ether oxygens (including phenoxy) is 2. The summed E-state index contributed by atoms with van der Waals surface area (Å²) in [6.07, 6.45) is 4.63. The molecule has 1 aliphatic carbocycles. The van der Waals surface area contributed by atoms with Gasteiger partial charge in [-0.15, -0.1) is 12.4 Å². The topological polar surface area (TPSA) is 59.6 Å². The number of carbonyl (C=O) groups is 1. The van der Waals surface area contributed by atoms with Gasteiger partial charge in [-0.3, -0.25) is 4.79 Å². The van der Waals surface area contributed by atoms with E-state index in [4.69, 9.17) is 9.47 Å². The van der Waals surface area contributed by atoms with Crippen molar-refractivity contribution in [2.75, 3.05) is 40.0 Å². The highest BCUT2D eigenvalue weighted by Crippen LogP contribution is 2.43. The Bertz CT molecular complexity index is 330. The number of carbonyl (C=O) groups excluding carboxylic acids is 1. The predicted molar refractivity (Wildman–Crippen MR) is 84.8 cm³/mol. The molecule has 2 fully saturated rings. The van der Waals surface area contributed by atoms with Gasteiger partial charge >= 0.3 is 0 Å². The monoisotopic (exact) mass is 320 g/mol. The van der Waals surface area contributed by atoms with Crippen molar-refractivity contribution < 1.29 is 14.3 Å². The summed E-state index contributed by atoms with van der Waals surface area (Å²) in [6.45, 7) is 5.54. The van der Waals surface area contributed by atoms with E-state index >= 15 is 0 Å². The van der Waals surface area contributed by atoms with Gasteiger partial charge in [0.2, 0.25) is 5.91 Å². The van der Waals surface area contributed by atoms with Gasteiger partial charge in [-0.1, -0.05) is 12.8 Å². The fraction of sp³-hybridized carbons (Fsp3) is 0.933. The van der Waals surface area contributed by atoms with Crippen molar-refractivity contribution in [1.29, 1.82) is 0 Å². The van der Waals surface area contributed by atoms with E-state index < -0.39 is 0 Å². The molecular formula is C15H29ClN2O3. The Balaban J connectivity index is 0.00000220. The summed E-state index contributed by atoms with van der Waals surface area (Å²) < 4.78 is 10.4. The van der Waals surface area contributed by atoms with Crippen LogP contribution >= 0.6 is 12.4 Å². The largest absolute Gasteiger partial charge is 0.382 e. The summed E-state index contributed by atoms with van der Waals surface area (Å²) >= 11 is 0. The lowest BCUT2D eigenvalue weighted by Crippen LogP contribution is -2.51. The number of methoxy groups -OCH3 is 1. The zero-order chi connectivity index (χ0) is 14.4. The van der Waals surface area contributed by atoms with Crippen LogP contribution in [0.25, 0.3) is 0 Å². The maximum absolute atomic E-state index is 12.7. The molecule has 2 rings (SSSR count). The molecule has 6 heteroatoms. The molecule has 1 aliphatic heterocycles. The van der Waals surface area contributed by atoms with Gasteiger partial charge in [-0.05, 0) is 32.2 Å². The first kappa shape index (κ1) is 18.7. The van der Waals surface area contributed by atoms with Crippen LogP contribution in [-0.4, -0.2) is 52.0 Å². The van der Waals surface area contributed by atoms with E-state index in [1.165, 1.54) is 19.3 Å². The van der Waals surface area contributed by atoms with Gasteiger partial charge in [-0.25, -0.2) is 0 Å². The van der Waals surface area contributed by atoms with Crippen LogP contribution in [0.5, 0.6) is 0 Å². The first-order valence-corrected chi connectivity index (χ1v) is 7.77. The lowest BCUT2D eigenvalue weighted by Gasteiger charge is -2.37. The van der Waals surface area contributed by atoms with Gasteiger partial charge in [0.25, 0.3) is 0 Å². The minimum atomic E-state index is -0.168. The molecule has 124 valence electrons. The molecule has 1 heterocycles. The molecule has 1 amide bonds. The Hall–Kier alpha value is -0.360. The third-order valence-electron chi connectivity index (χ3n) is 4.67. The average Bonchev–Trinajstić information content (AvgIpc) is 2.88. The molecule has 0 aromatic heterocycles. The highest BCUT2D eigenvalue weighted by Gasteiger charge is 2.49. The number of fused-ring (bicyclic) bond motifs is 1. The highest BCUT2D eigenvalue weighted by molar-refractivity contribution is 5.85. The van der Waals surface area contributed by atoms with Crippen LogP contribution in [0.15, 0.2) is 0 Å². The summed E-state index contributed by atoms with van der Waals surface area (Å²) in [7, 11) is 1.66. The SMILES string of the molecule is COCCOCC(C)NC(=O)[C@@]12CCCC[C@H]1CNC2.Cl. The summed E-state index contributed by atoms with van der Waals surface area (Å²) in [6, 6.07) is 0.0527. The van der Waals surface area contributed by atoms with Gasteiger partial charge in [0.15, 0.2) is 0 Å². The van der Waals surface area contributed by atoms with Gasteiger partial charge in [0.1, 0.15) is 0 Å². The number of hydrogen-bond donors (Lipinski definition) is 2. The molecule has 0 aromatic carbocycles. The van der Waals surface area contributed by atoms with Crippen LogP contribution < -0.4 is 10.6 Å². The second-order valence-corrected chi connectivity index (χ2v) is 6.17. The van der Waals surface area contributed by atoms with Crippen LogP contribution in [0, 0.1) is 11.3 Å². The van der Waals surface area contributed by atoms with E-state index in [0.29, 0.717) is 25.7 Å². The van der Waals surface area contributed by atoms with Gasteiger partial charge < -0.3 is 20.1 Å². The number of hydrogen-bond acceptors (Lipinski definition) is 4. The van der Waals surface area contributed by atoms with E-state index in [-0.39, 0.29) is 29.8 Å². The van der Waals surface area contributed by atoms with Crippen LogP contribution in [0.3, 0.4) is 0 Å². The van der Waals surface area contributed by atoms with Crippen molar-refractivity contribution in [1.82, 2.24) is 10.6 Å². The minimum Gasteiger partial charge on any atom is -0.382 e. The number of halogens is 1. The zero-order valence-corrected chi connectivity index (χ0v) is 14.0. The molecule has 0 aromatic rings. The highest BCUT2D eigenvalue weighted by atomic mass is 35.5. The molecule has 21 heavy (non-hydrogen) atoms. The second kappa shape index (κ2) is 8.93. The third-order valence-corrected chi connectivity index (χ3v) is 4.67. The van der Waals surface area contributed by atoms with Crippen LogP contribution in [0.2, 0.25) is 0 Å². The molecule has 5 nitrogen and oxygen atoms in total. The normalized spacial score (nSPS) is 29.3. The van der Waals surface area contributed by atoms with Crippen molar-refractivity contribution in [2.45, 2.75) is 38.6 Å². The molecule has 1 saturated heterocycles. The van der Waals surface area contributed by atoms with Crippen molar-refractivity contribution in [3.05, 3.63) is 0 Å². The van der Waals surface area contributed by atoms with Crippen molar-refractivity contribution in [3.8, 4) is 0 Å². The molecule has 0 radical (unpaired) electrons. The standard InChI is InChI=1S/C15H28N2O3.ClH/c1-12(10-20-8-7-19-2)17-14(18)15-6-4-3-5-13(15)9-16-11-15;/h12-13,16H,3-11H2,1-2H3,(H,17,18);1H/t12?,13-,15+;/m0./s1. The lowest BCUT2D eigenvalue weighted by atomic mass is 9.67. The molecule has 2 aliphatic rings. The Kier molecular flexibility index (Phi) is 7.95. The van der Waals surface area contributed by atoms with Crippen molar-refractivity contribution in [3.63, 3.8) is 0 Å². The predicted octanol–water partition coefficient (Wildman–Crippen LogP) is 1.36. The van der Waals surface area contributed by atoms with Gasteiger partial charge in [-0.2, -0.15) is 0 Å². The van der Waals surface area contributed by atoms with E-state index in [2.05, 4.69) is 10.6 Å². The molecule has 2 N–H and O–H groups in total. The van der Waals surface area contributed by atoms with E-state index in [9.17, 15) is 4.79 Å². The van der Waals surface area contributed by atoms with Crippen LogP contribution in [0.4, 0.5) is 0 Å². The van der Waals surface area contributed by atoms with Crippen molar-refractivity contribution >= 4 is 18.3 Å². The van der Waals surface area contributed by atoms with E-state index in [1.54, 1.807) is 7.11 Å². The Morgan fingerprint density at radius 3 is 3.00 bits per heavy atom. The van der Waals surface area contributed by atoms with Gasteiger partial charge in [0.05, 0.1) is 25.2 Å². The maximum Gasteiger partial charge on any atom is 0.228 e. The molecule has 1 unspecified atom stereocenters. The van der Waals surface area contributed by atoms with Gasteiger partial charge in [0, 0.05) is 19.7 Å². The summed E-state index contributed by atoms with van der Waals surface area (Å²) in [4.78, 5) is 12.7. The Labute approximate surface area is 133 Å². The lowest BCUT2D eigenvalue weighted by molar-refractivity contribution is -0.135. The fourth-order valence-electron chi connectivity index (χ4n) is 3.50. The maximum atomic E-state index is 12.7. The zero-order valence-electron chi connectivity index (χ0n) is 13.2. The third kappa shape index (κ3) is 4.55. The average molecular weight is 321 g/mol. The molecule has 1 saturated carbocycles. The number of amides is 1. The smallest absolute Gasteiger partial charge is 0.228 e. The molecule has 0 bridgehead atoms. The number of nitrogens with one attached hydrogen (secondary N) is 2. The van der Waals surface area contributed by atoms with E-state index in [1.807, 2.05) is 6.92 Å². The molecule has 3 atom stereocenters. The molecule has 0 spiro atoms. The summed E-state index contributed by atoms with van der Waals surface area (Å²) in [5.41, 5.74) is -0.168. The van der Waals surface area contributed by atoms with Crippen LogP contribution in [-0.2, 0) is 14.3 Å². The first-order valence-electron chi connectivity index (χ1n) is 7.77. The summed E-state index contributed by atoms with van der Waals surface area (Å²) in [5.74, 6) is 0.730. The fourth-order valence-corrected chi connectivity index (χ4v) is 3.50. The van der Waals surface area contributed by atoms with E-state index in [0.717, 1.165) is 19.5 Å². The Morgan fingerprint density at radius 2 is 2.24 bits per heavy atom.